The van der Waals surface area contributed by atoms with E-state index in [1.165, 1.54) is 11.1 Å². The van der Waals surface area contributed by atoms with E-state index in [4.69, 9.17) is 4.74 Å². The number of ether oxygens (including phenoxy) is 1. The van der Waals surface area contributed by atoms with Crippen molar-refractivity contribution in [1.29, 1.82) is 0 Å². The van der Waals surface area contributed by atoms with E-state index in [2.05, 4.69) is 44.8 Å². The molecule has 0 spiro atoms. The first-order valence-electron chi connectivity index (χ1n) is 5.90. The van der Waals surface area contributed by atoms with Crippen molar-refractivity contribution in [2.24, 2.45) is 0 Å². The summed E-state index contributed by atoms with van der Waals surface area (Å²) in [5.74, 6) is 0.867. The molecule has 1 N–H and O–H groups in total. The second kappa shape index (κ2) is 5.65. The number of hydrogen-bond donors (Lipinski definition) is 2. The van der Waals surface area contributed by atoms with Crippen LogP contribution in [-0.2, 0) is 5.41 Å². The predicted molar refractivity (Wildman–Crippen MR) is 77.9 cm³/mol. The molecule has 100 valence electrons. The van der Waals surface area contributed by atoms with Crippen molar-refractivity contribution in [3.63, 3.8) is 0 Å². The van der Waals surface area contributed by atoms with E-state index in [1.807, 2.05) is 13.0 Å². The molecule has 0 radical (unpaired) electrons. The smallest absolute Gasteiger partial charge is 0.276 e. The predicted octanol–water partition coefficient (Wildman–Crippen LogP) is 3.23. The molecule has 3 nitrogen and oxygen atoms in total. The minimum Gasteiger partial charge on any atom is -0.496 e. The topological polar surface area (TPSA) is 38.3 Å². The summed E-state index contributed by atoms with van der Waals surface area (Å²) >= 11 is 3.73. The van der Waals surface area contributed by atoms with E-state index in [9.17, 15) is 4.79 Å². The summed E-state index contributed by atoms with van der Waals surface area (Å²) in [7, 11) is 1.67. The molecule has 0 aliphatic carbocycles. The molecule has 0 saturated heterocycles. The van der Waals surface area contributed by atoms with Crippen LogP contribution in [0.3, 0.4) is 0 Å². The summed E-state index contributed by atoms with van der Waals surface area (Å²) < 4.78 is 5.47. The van der Waals surface area contributed by atoms with Crippen LogP contribution < -0.4 is 10.1 Å². The van der Waals surface area contributed by atoms with Gasteiger partial charge in [-0.1, -0.05) is 32.5 Å². The van der Waals surface area contributed by atoms with Crippen LogP contribution in [0.4, 0.5) is 4.79 Å². The van der Waals surface area contributed by atoms with Crippen molar-refractivity contribution >= 4 is 17.9 Å². The van der Waals surface area contributed by atoms with Gasteiger partial charge in [-0.25, -0.2) is 0 Å². The fourth-order valence-electron chi connectivity index (χ4n) is 2.34. The maximum Gasteiger partial charge on any atom is 0.276 e. The molecule has 1 aromatic carbocycles. The quantitative estimate of drug-likeness (QED) is 0.822. The van der Waals surface area contributed by atoms with Gasteiger partial charge in [0.15, 0.2) is 0 Å². The van der Waals surface area contributed by atoms with Gasteiger partial charge < -0.3 is 10.1 Å². The summed E-state index contributed by atoms with van der Waals surface area (Å²) in [5.41, 5.74) is 3.26. The highest BCUT2D eigenvalue weighted by atomic mass is 32.1. The monoisotopic (exact) mass is 267 g/mol. The number of carbonyl (C=O) groups is 1. The molecule has 0 saturated carbocycles. The second-order valence-corrected chi connectivity index (χ2v) is 5.61. The highest BCUT2D eigenvalue weighted by Crippen LogP contribution is 2.35. The molecule has 0 aromatic heterocycles. The Morgan fingerprint density at radius 2 is 2.00 bits per heavy atom. The maximum absolute atomic E-state index is 10.9. The standard InChI is InChI=1S/C14H21NO2S/c1-9-6-10(2)12(11(7-9)17-5)14(3,4)8-15-13(16)18/h6-7H,8H2,1-5H3,(H2,15,16,18). The Bertz CT molecular complexity index is 455. The highest BCUT2D eigenvalue weighted by molar-refractivity contribution is 7.96. The van der Waals surface area contributed by atoms with Crippen LogP contribution in [0.1, 0.15) is 30.5 Å². The van der Waals surface area contributed by atoms with Crippen LogP contribution in [0.5, 0.6) is 5.75 Å². The number of nitrogens with one attached hydrogen (secondary N) is 1. The van der Waals surface area contributed by atoms with Gasteiger partial charge in [0.25, 0.3) is 5.24 Å². The van der Waals surface area contributed by atoms with E-state index in [1.54, 1.807) is 7.11 Å². The number of thiol groups is 1. The number of amides is 1. The first kappa shape index (κ1) is 14.9. The molecule has 0 heterocycles. The molecule has 0 bridgehead atoms. The summed E-state index contributed by atoms with van der Waals surface area (Å²) in [6.45, 7) is 8.79. The second-order valence-electron chi connectivity index (χ2n) is 5.20. The number of carbonyl (C=O) groups excluding carboxylic acids is 1. The van der Waals surface area contributed by atoms with Crippen LogP contribution in [0, 0.1) is 13.8 Å². The SMILES string of the molecule is COc1cc(C)cc(C)c1C(C)(C)CNC(=O)S. The highest BCUT2D eigenvalue weighted by Gasteiger charge is 2.27. The maximum atomic E-state index is 10.9. The third kappa shape index (κ3) is 3.42. The van der Waals surface area contributed by atoms with Gasteiger partial charge in [-0.2, -0.15) is 0 Å². The molecular weight excluding hydrogens is 246 g/mol. The third-order valence-corrected chi connectivity index (χ3v) is 3.18. The van der Waals surface area contributed by atoms with Crippen LogP contribution in [-0.4, -0.2) is 18.9 Å². The Kier molecular flexibility index (Phi) is 4.68. The minimum absolute atomic E-state index is 0.207. The average Bonchev–Trinajstić information content (AvgIpc) is 2.24. The van der Waals surface area contributed by atoms with Crippen LogP contribution in [0.2, 0.25) is 0 Å². The fraction of sp³-hybridized carbons (Fsp3) is 0.500. The molecule has 0 aliphatic heterocycles. The van der Waals surface area contributed by atoms with Crippen molar-refractivity contribution in [2.45, 2.75) is 33.1 Å². The number of aryl methyl sites for hydroxylation is 2. The van der Waals surface area contributed by atoms with Crippen LogP contribution in [0.15, 0.2) is 12.1 Å². The van der Waals surface area contributed by atoms with Crippen LogP contribution in [0.25, 0.3) is 0 Å². The molecule has 1 amide bonds. The number of methoxy groups -OCH3 is 1. The molecule has 0 unspecified atom stereocenters. The lowest BCUT2D eigenvalue weighted by molar-refractivity contribution is 0.258. The average molecular weight is 267 g/mol. The van der Waals surface area contributed by atoms with E-state index < -0.39 is 0 Å². The molecule has 18 heavy (non-hydrogen) atoms. The Labute approximate surface area is 114 Å². The van der Waals surface area contributed by atoms with Gasteiger partial charge in [-0.3, -0.25) is 4.79 Å². The number of benzene rings is 1. The minimum atomic E-state index is -0.313. The van der Waals surface area contributed by atoms with E-state index in [0.29, 0.717) is 6.54 Å². The van der Waals surface area contributed by atoms with Gasteiger partial charge in [0.2, 0.25) is 0 Å². The van der Waals surface area contributed by atoms with Crippen molar-refractivity contribution in [1.82, 2.24) is 5.32 Å². The molecular formula is C14H21NO2S. The van der Waals surface area contributed by atoms with Gasteiger partial charge in [0.1, 0.15) is 5.75 Å². The van der Waals surface area contributed by atoms with Crippen molar-refractivity contribution < 1.29 is 9.53 Å². The number of rotatable bonds is 4. The largest absolute Gasteiger partial charge is 0.496 e. The Balaban J connectivity index is 3.17. The van der Waals surface area contributed by atoms with Crippen LogP contribution >= 0.6 is 12.6 Å². The Morgan fingerprint density at radius 3 is 2.50 bits per heavy atom. The van der Waals surface area contributed by atoms with E-state index in [-0.39, 0.29) is 10.7 Å². The zero-order chi connectivity index (χ0) is 13.9. The molecule has 0 fully saturated rings. The lowest BCUT2D eigenvalue weighted by Crippen LogP contribution is -2.35. The van der Waals surface area contributed by atoms with Crippen molar-refractivity contribution in [3.8, 4) is 5.75 Å². The van der Waals surface area contributed by atoms with Gasteiger partial charge in [-0.15, -0.1) is 0 Å². The van der Waals surface area contributed by atoms with Crippen molar-refractivity contribution in [2.75, 3.05) is 13.7 Å². The fourth-order valence-corrected chi connectivity index (χ4v) is 2.42. The zero-order valence-corrected chi connectivity index (χ0v) is 12.5. The summed E-state index contributed by atoms with van der Waals surface area (Å²) in [4.78, 5) is 10.9. The van der Waals surface area contributed by atoms with E-state index >= 15 is 0 Å². The molecule has 1 aromatic rings. The van der Waals surface area contributed by atoms with Gasteiger partial charge in [0.05, 0.1) is 7.11 Å². The lowest BCUT2D eigenvalue weighted by Gasteiger charge is -2.29. The van der Waals surface area contributed by atoms with Gasteiger partial charge >= 0.3 is 0 Å². The molecule has 1 rings (SSSR count). The van der Waals surface area contributed by atoms with E-state index in [0.717, 1.165) is 11.3 Å². The summed E-state index contributed by atoms with van der Waals surface area (Å²) in [6, 6.07) is 4.15. The zero-order valence-electron chi connectivity index (χ0n) is 11.6. The molecule has 0 atom stereocenters. The first-order valence-corrected chi connectivity index (χ1v) is 6.35. The van der Waals surface area contributed by atoms with Crippen molar-refractivity contribution in [3.05, 3.63) is 28.8 Å². The first-order chi connectivity index (χ1) is 8.27. The molecule has 4 heteroatoms. The summed E-state index contributed by atoms with van der Waals surface area (Å²) in [5, 5.41) is 2.43. The van der Waals surface area contributed by atoms with Gasteiger partial charge in [0, 0.05) is 17.5 Å². The summed E-state index contributed by atoms with van der Waals surface area (Å²) in [6.07, 6.45) is 0. The molecule has 0 aliphatic rings. The number of hydrogen-bond acceptors (Lipinski definition) is 2. The third-order valence-electron chi connectivity index (χ3n) is 3.02. The normalized spacial score (nSPS) is 11.2. The lowest BCUT2D eigenvalue weighted by atomic mass is 9.80. The van der Waals surface area contributed by atoms with Gasteiger partial charge in [-0.05, 0) is 31.0 Å². The Hall–Kier alpha value is -1.16. The Morgan fingerprint density at radius 1 is 1.39 bits per heavy atom.